The third kappa shape index (κ3) is 4.47. The quantitative estimate of drug-likeness (QED) is 0.634. The van der Waals surface area contributed by atoms with E-state index in [-0.39, 0.29) is 18.0 Å². The van der Waals surface area contributed by atoms with Crippen molar-refractivity contribution in [2.75, 3.05) is 25.5 Å². The summed E-state index contributed by atoms with van der Waals surface area (Å²) >= 11 is 0. The molecule has 2 aromatic carbocycles. The lowest BCUT2D eigenvalue weighted by atomic mass is 10.1. The highest BCUT2D eigenvalue weighted by atomic mass is 32.2. The molecule has 7 nitrogen and oxygen atoms in total. The number of carbonyl (C=O) groups excluding carboxylic acids is 1. The number of rotatable bonds is 7. The van der Waals surface area contributed by atoms with Crippen LogP contribution >= 0.6 is 0 Å². The van der Waals surface area contributed by atoms with Crippen LogP contribution in [-0.4, -0.2) is 39.9 Å². The van der Waals surface area contributed by atoms with Crippen LogP contribution in [0.15, 0.2) is 65.7 Å². The van der Waals surface area contributed by atoms with E-state index in [4.69, 9.17) is 0 Å². The zero-order valence-corrected chi connectivity index (χ0v) is 16.5. The van der Waals surface area contributed by atoms with Crippen molar-refractivity contribution in [2.45, 2.75) is 11.4 Å². The van der Waals surface area contributed by atoms with Crippen molar-refractivity contribution in [3.05, 3.63) is 66.5 Å². The van der Waals surface area contributed by atoms with Crippen LogP contribution in [0.1, 0.15) is 5.69 Å². The molecule has 0 bridgehead atoms. The number of anilines is 1. The monoisotopic (exact) mass is 398 g/mol. The van der Waals surface area contributed by atoms with Crippen LogP contribution in [-0.2, 0) is 21.4 Å². The lowest BCUT2D eigenvalue weighted by molar-refractivity contribution is -0.120. The molecule has 8 heteroatoms. The second-order valence-corrected chi connectivity index (χ2v) is 8.18. The summed E-state index contributed by atoms with van der Waals surface area (Å²) in [4.78, 5) is 18.2. The number of nitrogens with one attached hydrogen (secondary N) is 2. The Bertz CT molecular complexity index is 1080. The largest absolute Gasteiger partial charge is 0.377 e. The third-order valence-electron chi connectivity index (χ3n) is 4.25. The molecule has 1 aromatic heterocycles. The van der Waals surface area contributed by atoms with Crippen LogP contribution in [0.25, 0.3) is 10.8 Å². The molecular weight excluding hydrogens is 376 g/mol. The molecule has 0 atom stereocenters. The van der Waals surface area contributed by atoms with Gasteiger partial charge in [0, 0.05) is 36.8 Å². The first kappa shape index (κ1) is 19.8. The number of nitrogens with zero attached hydrogens (tertiary/aromatic N) is 2. The van der Waals surface area contributed by atoms with E-state index >= 15 is 0 Å². The van der Waals surface area contributed by atoms with Gasteiger partial charge in [0.2, 0.25) is 15.9 Å². The van der Waals surface area contributed by atoms with Gasteiger partial charge in [-0.05, 0) is 24.3 Å². The predicted molar refractivity (Wildman–Crippen MR) is 110 cm³/mol. The molecule has 0 aliphatic rings. The Balaban J connectivity index is 1.74. The number of pyridine rings is 1. The molecular formula is C20H22N4O3S. The fourth-order valence-corrected chi connectivity index (χ4v) is 4.08. The van der Waals surface area contributed by atoms with Crippen LogP contribution in [0.2, 0.25) is 0 Å². The van der Waals surface area contributed by atoms with E-state index in [2.05, 4.69) is 15.0 Å². The minimum absolute atomic E-state index is 0.145. The summed E-state index contributed by atoms with van der Waals surface area (Å²) in [5.41, 5.74) is 1.62. The maximum Gasteiger partial charge on any atom is 0.241 e. The molecule has 0 aliphatic carbocycles. The Hall–Kier alpha value is -2.97. The number of hydrogen-bond donors (Lipinski definition) is 2. The highest BCUT2D eigenvalue weighted by Gasteiger charge is 2.19. The van der Waals surface area contributed by atoms with Crippen molar-refractivity contribution in [3.8, 4) is 0 Å². The lowest BCUT2D eigenvalue weighted by Crippen LogP contribution is -2.36. The van der Waals surface area contributed by atoms with Crippen molar-refractivity contribution in [2.24, 2.45) is 0 Å². The summed E-state index contributed by atoms with van der Waals surface area (Å²) in [5, 5.41) is 4.08. The zero-order valence-electron chi connectivity index (χ0n) is 15.7. The highest BCUT2D eigenvalue weighted by molar-refractivity contribution is 7.89. The average molecular weight is 398 g/mol. The van der Waals surface area contributed by atoms with E-state index in [1.807, 2.05) is 43.3 Å². The topological polar surface area (TPSA) is 91.4 Å². The van der Waals surface area contributed by atoms with Crippen LogP contribution in [0.3, 0.4) is 0 Å². The first-order chi connectivity index (χ1) is 13.4. The molecule has 2 N–H and O–H groups in total. The van der Waals surface area contributed by atoms with Crippen LogP contribution in [0.4, 0.5) is 5.69 Å². The number of fused-ring (bicyclic) bond motifs is 1. The molecule has 146 valence electrons. The van der Waals surface area contributed by atoms with Gasteiger partial charge < -0.3 is 10.2 Å². The molecule has 0 radical (unpaired) electrons. The molecule has 0 fully saturated rings. The molecule has 28 heavy (non-hydrogen) atoms. The lowest BCUT2D eigenvalue weighted by Gasteiger charge is -2.17. The van der Waals surface area contributed by atoms with Gasteiger partial charge in [-0.1, -0.05) is 30.3 Å². The number of amides is 1. The van der Waals surface area contributed by atoms with Gasteiger partial charge in [-0.2, -0.15) is 0 Å². The Morgan fingerprint density at radius 2 is 1.75 bits per heavy atom. The summed E-state index contributed by atoms with van der Waals surface area (Å²) in [6, 6.07) is 16.0. The fourth-order valence-electron chi connectivity index (χ4n) is 2.88. The minimum Gasteiger partial charge on any atom is -0.377 e. The van der Waals surface area contributed by atoms with E-state index in [0.717, 1.165) is 11.1 Å². The Kier molecular flexibility index (Phi) is 5.91. The van der Waals surface area contributed by atoms with Crippen molar-refractivity contribution < 1.29 is 13.2 Å². The Morgan fingerprint density at radius 3 is 2.46 bits per heavy atom. The van der Waals surface area contributed by atoms with Gasteiger partial charge in [-0.25, -0.2) is 13.1 Å². The average Bonchev–Trinajstić information content (AvgIpc) is 2.70. The molecule has 0 saturated heterocycles. The molecule has 0 saturated carbocycles. The van der Waals surface area contributed by atoms with Crippen molar-refractivity contribution >= 4 is 32.4 Å². The van der Waals surface area contributed by atoms with E-state index in [0.29, 0.717) is 11.1 Å². The molecule has 3 rings (SSSR count). The number of carbonyl (C=O) groups is 1. The van der Waals surface area contributed by atoms with Gasteiger partial charge in [-0.3, -0.25) is 9.78 Å². The van der Waals surface area contributed by atoms with Crippen molar-refractivity contribution in [1.29, 1.82) is 0 Å². The summed E-state index contributed by atoms with van der Waals surface area (Å²) in [6.07, 6.45) is 1.63. The molecule has 3 aromatic rings. The summed E-state index contributed by atoms with van der Waals surface area (Å²) in [5.74, 6) is -0.427. The molecule has 1 heterocycles. The van der Waals surface area contributed by atoms with Gasteiger partial charge in [0.05, 0.1) is 23.7 Å². The zero-order chi connectivity index (χ0) is 20.1. The number of sulfonamides is 1. The van der Waals surface area contributed by atoms with Crippen LogP contribution < -0.4 is 14.9 Å². The van der Waals surface area contributed by atoms with Crippen LogP contribution in [0, 0.1) is 0 Å². The molecule has 1 amide bonds. The predicted octanol–water partition coefficient (Wildman–Crippen LogP) is 1.90. The summed E-state index contributed by atoms with van der Waals surface area (Å²) in [6.45, 7) is -0.110. The van der Waals surface area contributed by atoms with E-state index in [9.17, 15) is 13.2 Å². The normalized spacial score (nSPS) is 11.4. The fraction of sp³-hybridized carbons (Fsp3) is 0.200. The second kappa shape index (κ2) is 8.37. The van der Waals surface area contributed by atoms with Gasteiger partial charge >= 0.3 is 0 Å². The number of aromatic nitrogens is 1. The van der Waals surface area contributed by atoms with E-state index in [1.165, 1.54) is 6.07 Å². The number of benzene rings is 2. The molecule has 0 unspecified atom stereocenters. The van der Waals surface area contributed by atoms with E-state index < -0.39 is 15.9 Å². The van der Waals surface area contributed by atoms with Gasteiger partial charge in [0.15, 0.2) is 0 Å². The van der Waals surface area contributed by atoms with Crippen molar-refractivity contribution in [1.82, 2.24) is 15.0 Å². The summed E-state index contributed by atoms with van der Waals surface area (Å²) < 4.78 is 28.0. The molecule has 0 aliphatic heterocycles. The maximum atomic E-state index is 12.8. The van der Waals surface area contributed by atoms with Crippen molar-refractivity contribution in [3.63, 3.8) is 0 Å². The highest BCUT2D eigenvalue weighted by Crippen LogP contribution is 2.29. The first-order valence-electron chi connectivity index (χ1n) is 8.74. The van der Waals surface area contributed by atoms with Gasteiger partial charge in [0.1, 0.15) is 0 Å². The maximum absolute atomic E-state index is 12.8. The minimum atomic E-state index is -3.85. The first-order valence-corrected chi connectivity index (χ1v) is 10.2. The van der Waals surface area contributed by atoms with Crippen LogP contribution in [0.5, 0.6) is 0 Å². The number of hydrogen-bond acceptors (Lipinski definition) is 5. The Morgan fingerprint density at radius 1 is 1.00 bits per heavy atom. The van der Waals surface area contributed by atoms with Gasteiger partial charge in [0.25, 0.3) is 0 Å². The second-order valence-electron chi connectivity index (χ2n) is 6.45. The third-order valence-corrected chi connectivity index (χ3v) is 5.71. The van der Waals surface area contributed by atoms with E-state index in [1.54, 1.807) is 30.5 Å². The molecule has 0 spiro atoms. The SMILES string of the molecule is CN(C)c1cccc2c(S(=O)(=O)NCC(=O)NCc3ccccn3)cccc12. The standard InChI is InChI=1S/C20H22N4O3S/c1-24(2)18-10-5-9-17-16(18)8-6-11-19(17)28(26,27)23-14-20(25)22-13-15-7-3-4-12-21-15/h3-12,23H,13-14H2,1-2H3,(H,22,25). The summed E-state index contributed by atoms with van der Waals surface area (Å²) in [7, 11) is -0.0465. The smallest absolute Gasteiger partial charge is 0.241 e. The Labute approximate surface area is 164 Å². The van der Waals surface area contributed by atoms with Gasteiger partial charge in [-0.15, -0.1) is 0 Å².